The lowest BCUT2D eigenvalue weighted by Gasteiger charge is -2.22. The van der Waals surface area contributed by atoms with Crippen LogP contribution in [0, 0.1) is 5.82 Å². The fraction of sp³-hybridized carbons (Fsp3) is 0.222. The van der Waals surface area contributed by atoms with E-state index >= 15 is 0 Å². The summed E-state index contributed by atoms with van der Waals surface area (Å²) < 4.78 is 13.7. The predicted molar refractivity (Wildman–Crippen MR) is 86.1 cm³/mol. The summed E-state index contributed by atoms with van der Waals surface area (Å²) in [6.07, 6.45) is 0.601. The highest BCUT2D eigenvalue weighted by molar-refractivity contribution is 5.97. The van der Waals surface area contributed by atoms with Crippen LogP contribution in [0.25, 0.3) is 0 Å². The van der Waals surface area contributed by atoms with Gasteiger partial charge < -0.3 is 10.0 Å². The lowest BCUT2D eigenvalue weighted by Crippen LogP contribution is -2.33. The molecule has 2 rings (SSSR count). The van der Waals surface area contributed by atoms with E-state index in [9.17, 15) is 14.0 Å². The van der Waals surface area contributed by atoms with Crippen molar-refractivity contribution in [2.45, 2.75) is 19.8 Å². The summed E-state index contributed by atoms with van der Waals surface area (Å²) >= 11 is 0. The summed E-state index contributed by atoms with van der Waals surface area (Å²) in [4.78, 5) is 25.4. The fourth-order valence-corrected chi connectivity index (χ4v) is 2.44. The average Bonchev–Trinajstić information content (AvgIpc) is 2.53. The lowest BCUT2D eigenvalue weighted by atomic mass is 10.0. The highest BCUT2D eigenvalue weighted by atomic mass is 19.1. The molecule has 0 unspecified atom stereocenters. The zero-order valence-corrected chi connectivity index (χ0v) is 12.8. The van der Waals surface area contributed by atoms with E-state index in [-0.39, 0.29) is 17.9 Å². The van der Waals surface area contributed by atoms with E-state index < -0.39 is 17.3 Å². The van der Waals surface area contributed by atoms with E-state index in [1.54, 1.807) is 4.90 Å². The highest BCUT2D eigenvalue weighted by Gasteiger charge is 2.21. The van der Waals surface area contributed by atoms with Crippen LogP contribution in [0.2, 0.25) is 0 Å². The number of carboxylic acids is 1. The van der Waals surface area contributed by atoms with Crippen molar-refractivity contribution in [3.63, 3.8) is 0 Å². The number of halogens is 1. The summed E-state index contributed by atoms with van der Waals surface area (Å²) in [5.74, 6) is -2.46. The van der Waals surface area contributed by atoms with Gasteiger partial charge >= 0.3 is 5.97 Å². The Morgan fingerprint density at radius 3 is 2.39 bits per heavy atom. The number of amides is 1. The van der Waals surface area contributed by atoms with Gasteiger partial charge in [0.05, 0.1) is 12.0 Å². The Labute approximate surface area is 134 Å². The summed E-state index contributed by atoms with van der Waals surface area (Å²) in [5.41, 5.74) is 0.484. The van der Waals surface area contributed by atoms with Gasteiger partial charge in [-0.1, -0.05) is 37.3 Å². The first-order chi connectivity index (χ1) is 11.0. The molecule has 1 N–H and O–H groups in total. The van der Waals surface area contributed by atoms with Crippen LogP contribution in [0.3, 0.4) is 0 Å². The third-order valence-corrected chi connectivity index (χ3v) is 3.47. The maximum atomic E-state index is 13.7. The molecule has 0 atom stereocenters. The number of nitrogens with zero attached hydrogens (tertiary/aromatic N) is 1. The molecule has 0 aromatic heterocycles. The van der Waals surface area contributed by atoms with Crippen molar-refractivity contribution in [3.05, 3.63) is 65.5 Å². The normalized spacial score (nSPS) is 10.3. The standard InChI is InChI=1S/C18H18FNO3/c1-2-11-20(14-8-4-3-5-9-14)16(21)12-13-7-6-10-15(19)17(13)18(22)23/h3-10H,2,11-12H2,1H3,(H,22,23). The van der Waals surface area contributed by atoms with Crippen molar-refractivity contribution in [2.75, 3.05) is 11.4 Å². The molecule has 2 aromatic rings. The molecule has 0 spiro atoms. The van der Waals surface area contributed by atoms with Crippen LogP contribution in [-0.4, -0.2) is 23.5 Å². The molecule has 4 nitrogen and oxygen atoms in total. The van der Waals surface area contributed by atoms with Gasteiger partial charge in [-0.25, -0.2) is 9.18 Å². The number of para-hydroxylation sites is 1. The van der Waals surface area contributed by atoms with E-state index in [0.29, 0.717) is 6.54 Å². The molecule has 2 aromatic carbocycles. The minimum absolute atomic E-state index is 0.158. The van der Waals surface area contributed by atoms with E-state index in [2.05, 4.69) is 0 Å². The molecule has 5 heteroatoms. The summed E-state index contributed by atoms with van der Waals surface area (Å²) in [5, 5.41) is 9.15. The largest absolute Gasteiger partial charge is 0.478 e. The van der Waals surface area contributed by atoms with Crippen LogP contribution in [-0.2, 0) is 11.2 Å². The third kappa shape index (κ3) is 3.94. The highest BCUT2D eigenvalue weighted by Crippen LogP contribution is 2.19. The second-order valence-electron chi connectivity index (χ2n) is 5.14. The number of rotatable bonds is 6. The van der Waals surface area contributed by atoms with Gasteiger partial charge in [0.25, 0.3) is 0 Å². The van der Waals surface area contributed by atoms with Gasteiger partial charge in [-0.2, -0.15) is 0 Å². The molecule has 23 heavy (non-hydrogen) atoms. The summed E-state index contributed by atoms with van der Waals surface area (Å²) in [7, 11) is 0. The smallest absolute Gasteiger partial charge is 0.338 e. The van der Waals surface area contributed by atoms with Crippen LogP contribution < -0.4 is 4.90 Å². The molecule has 0 radical (unpaired) electrons. The third-order valence-electron chi connectivity index (χ3n) is 3.47. The predicted octanol–water partition coefficient (Wildman–Crippen LogP) is 3.51. The SMILES string of the molecule is CCCN(C(=O)Cc1cccc(F)c1C(=O)O)c1ccccc1. The molecule has 0 heterocycles. The van der Waals surface area contributed by atoms with Gasteiger partial charge in [-0.3, -0.25) is 4.79 Å². The minimum atomic E-state index is -1.37. The second-order valence-corrected chi connectivity index (χ2v) is 5.14. The Morgan fingerprint density at radius 1 is 1.09 bits per heavy atom. The Bertz CT molecular complexity index is 701. The summed E-state index contributed by atoms with van der Waals surface area (Å²) in [6.45, 7) is 2.47. The van der Waals surface area contributed by atoms with Crippen molar-refractivity contribution >= 4 is 17.6 Å². The van der Waals surface area contributed by atoms with Crippen molar-refractivity contribution in [1.82, 2.24) is 0 Å². The van der Waals surface area contributed by atoms with Crippen molar-refractivity contribution in [1.29, 1.82) is 0 Å². The first-order valence-corrected chi connectivity index (χ1v) is 7.40. The van der Waals surface area contributed by atoms with Crippen LogP contribution in [0.4, 0.5) is 10.1 Å². The van der Waals surface area contributed by atoms with Crippen LogP contribution in [0.15, 0.2) is 48.5 Å². The van der Waals surface area contributed by atoms with Crippen molar-refractivity contribution < 1.29 is 19.1 Å². The average molecular weight is 315 g/mol. The Hall–Kier alpha value is -2.69. The number of carbonyl (C=O) groups is 2. The van der Waals surface area contributed by atoms with Gasteiger partial charge in [-0.05, 0) is 30.2 Å². The number of anilines is 1. The number of benzene rings is 2. The number of carboxylic acid groups (broad SMARTS) is 1. The van der Waals surface area contributed by atoms with E-state index in [1.807, 2.05) is 37.3 Å². The molecule has 1 amide bonds. The molecular weight excluding hydrogens is 297 g/mol. The van der Waals surface area contributed by atoms with Crippen molar-refractivity contribution in [2.24, 2.45) is 0 Å². The van der Waals surface area contributed by atoms with E-state index in [1.165, 1.54) is 12.1 Å². The quantitative estimate of drug-likeness (QED) is 0.887. The fourth-order valence-electron chi connectivity index (χ4n) is 2.44. The van der Waals surface area contributed by atoms with Crippen LogP contribution in [0.1, 0.15) is 29.3 Å². The van der Waals surface area contributed by atoms with Crippen LogP contribution >= 0.6 is 0 Å². The Kier molecular flexibility index (Phi) is 5.46. The molecule has 0 fully saturated rings. The molecule has 0 aliphatic carbocycles. The van der Waals surface area contributed by atoms with E-state index in [4.69, 9.17) is 5.11 Å². The number of carbonyl (C=O) groups excluding carboxylic acids is 1. The van der Waals surface area contributed by atoms with Gasteiger partial charge in [-0.15, -0.1) is 0 Å². The van der Waals surface area contributed by atoms with Gasteiger partial charge in [0, 0.05) is 12.2 Å². The lowest BCUT2D eigenvalue weighted by molar-refractivity contribution is -0.118. The molecule has 0 aliphatic rings. The maximum Gasteiger partial charge on any atom is 0.338 e. The van der Waals surface area contributed by atoms with Crippen molar-refractivity contribution in [3.8, 4) is 0 Å². The summed E-state index contributed by atoms with van der Waals surface area (Å²) in [6, 6.07) is 13.1. The molecule has 0 bridgehead atoms. The number of hydrogen-bond acceptors (Lipinski definition) is 2. The molecule has 0 aliphatic heterocycles. The molecule has 0 saturated carbocycles. The zero-order chi connectivity index (χ0) is 16.8. The molecule has 120 valence electrons. The topological polar surface area (TPSA) is 57.6 Å². The minimum Gasteiger partial charge on any atom is -0.478 e. The van der Waals surface area contributed by atoms with Gasteiger partial charge in [0.2, 0.25) is 5.91 Å². The van der Waals surface area contributed by atoms with Crippen LogP contribution in [0.5, 0.6) is 0 Å². The van der Waals surface area contributed by atoms with Gasteiger partial charge in [0.1, 0.15) is 5.82 Å². The van der Waals surface area contributed by atoms with Gasteiger partial charge in [0.15, 0.2) is 0 Å². The second kappa shape index (κ2) is 7.54. The molecule has 0 saturated heterocycles. The van der Waals surface area contributed by atoms with E-state index in [0.717, 1.165) is 18.2 Å². The molecular formula is C18H18FNO3. The monoisotopic (exact) mass is 315 g/mol. The Balaban J connectivity index is 2.30. The number of aromatic carboxylic acids is 1. The first-order valence-electron chi connectivity index (χ1n) is 7.40. The maximum absolute atomic E-state index is 13.7. The first kappa shape index (κ1) is 16.7. The zero-order valence-electron chi connectivity index (χ0n) is 12.8. The number of hydrogen-bond donors (Lipinski definition) is 1. The Morgan fingerprint density at radius 2 is 1.78 bits per heavy atom.